The van der Waals surface area contributed by atoms with Crippen molar-refractivity contribution >= 4 is 22.8 Å². The lowest BCUT2D eigenvalue weighted by Crippen LogP contribution is -2.41. The fraction of sp³-hybridized carbons (Fsp3) is 0.367. The van der Waals surface area contributed by atoms with Gasteiger partial charge >= 0.3 is 12.1 Å². The number of ether oxygens (including phenoxy) is 1. The van der Waals surface area contributed by atoms with Gasteiger partial charge in [-0.15, -0.1) is 0 Å². The number of benzene rings is 2. The lowest BCUT2D eigenvalue weighted by atomic mass is 9.77. The number of amides is 1. The van der Waals surface area contributed by atoms with E-state index in [2.05, 4.69) is 23.8 Å². The summed E-state index contributed by atoms with van der Waals surface area (Å²) in [4.78, 5) is 29.7. The largest absolute Gasteiger partial charge is 0.486 e. The minimum absolute atomic E-state index is 0.0963. The van der Waals surface area contributed by atoms with Gasteiger partial charge in [0.1, 0.15) is 18.2 Å². The molecule has 0 spiro atoms. The molecule has 1 amide bonds. The molecule has 1 aliphatic rings. The number of carboxylic acid groups (broad SMARTS) is 1. The van der Waals surface area contributed by atoms with Crippen LogP contribution in [0.5, 0.6) is 5.75 Å². The van der Waals surface area contributed by atoms with E-state index >= 15 is 0 Å². The minimum atomic E-state index is -4.45. The molecule has 0 radical (unpaired) electrons. The molecule has 4 rings (SSSR count). The summed E-state index contributed by atoms with van der Waals surface area (Å²) < 4.78 is 44.7. The molecular weight excluding hydrogens is 509 g/mol. The summed E-state index contributed by atoms with van der Waals surface area (Å²) in [7, 11) is 0. The van der Waals surface area contributed by atoms with Crippen molar-refractivity contribution < 1.29 is 32.6 Å². The normalized spacial score (nSPS) is 18.5. The molecule has 1 heterocycles. The molecule has 1 aromatic heterocycles. The second kappa shape index (κ2) is 11.9. The van der Waals surface area contributed by atoms with E-state index in [4.69, 9.17) is 4.74 Å². The first-order chi connectivity index (χ1) is 18.5. The van der Waals surface area contributed by atoms with Crippen molar-refractivity contribution in [3.05, 3.63) is 83.6 Å². The summed E-state index contributed by atoms with van der Waals surface area (Å²) in [5.41, 5.74) is 1.35. The lowest BCUT2D eigenvalue weighted by molar-refractivity contribution is -0.139. The number of carbonyl (C=O) groups is 2. The molecule has 2 N–H and O–H groups in total. The first kappa shape index (κ1) is 28.1. The number of aliphatic carboxylic acids is 1. The molecule has 206 valence electrons. The molecule has 6 nitrogen and oxygen atoms in total. The zero-order chi connectivity index (χ0) is 28.2. The van der Waals surface area contributed by atoms with Crippen molar-refractivity contribution in [3.63, 3.8) is 0 Å². The van der Waals surface area contributed by atoms with Gasteiger partial charge in [-0.1, -0.05) is 43.3 Å². The van der Waals surface area contributed by atoms with E-state index in [1.165, 1.54) is 30.0 Å². The van der Waals surface area contributed by atoms with Gasteiger partial charge in [0.2, 0.25) is 0 Å². The number of rotatable bonds is 9. The molecule has 2 aromatic carbocycles. The topological polar surface area (TPSA) is 88.5 Å². The third-order valence-corrected chi connectivity index (χ3v) is 7.05. The van der Waals surface area contributed by atoms with Crippen molar-refractivity contribution in [1.29, 1.82) is 0 Å². The van der Waals surface area contributed by atoms with Gasteiger partial charge in [-0.3, -0.25) is 9.78 Å². The van der Waals surface area contributed by atoms with E-state index in [1.807, 2.05) is 0 Å². The first-order valence-electron chi connectivity index (χ1n) is 12.9. The van der Waals surface area contributed by atoms with E-state index in [-0.39, 0.29) is 24.3 Å². The Morgan fingerprint density at radius 1 is 1.15 bits per heavy atom. The van der Waals surface area contributed by atoms with Crippen LogP contribution in [0.1, 0.15) is 60.5 Å². The number of aromatic nitrogens is 1. The molecule has 3 atom stereocenters. The number of carboxylic acids is 1. The van der Waals surface area contributed by atoms with Gasteiger partial charge in [0, 0.05) is 11.6 Å². The van der Waals surface area contributed by atoms with Crippen LogP contribution in [-0.2, 0) is 17.6 Å². The Balaban J connectivity index is 1.52. The maximum atomic E-state index is 13.3. The minimum Gasteiger partial charge on any atom is -0.486 e. The van der Waals surface area contributed by atoms with Crippen LogP contribution in [0.3, 0.4) is 0 Å². The monoisotopic (exact) mass is 540 g/mol. The Bertz CT molecular complexity index is 1350. The SMILES string of the molecule is C=C1CC(C)CC(CC[C@H](NC(=O)c2ccc3cccnc3c2OCc2ccc(C(F)(F)F)cc2)C(=O)O)C1. The molecule has 0 aliphatic heterocycles. The summed E-state index contributed by atoms with van der Waals surface area (Å²) >= 11 is 0. The second-order valence-electron chi connectivity index (χ2n) is 10.3. The van der Waals surface area contributed by atoms with Crippen LogP contribution in [0, 0.1) is 11.8 Å². The zero-order valence-corrected chi connectivity index (χ0v) is 21.6. The van der Waals surface area contributed by atoms with Crippen molar-refractivity contribution in [3.8, 4) is 5.75 Å². The summed E-state index contributed by atoms with van der Waals surface area (Å²) in [6.45, 7) is 6.15. The number of fused-ring (bicyclic) bond motifs is 1. The molecule has 2 unspecified atom stereocenters. The van der Waals surface area contributed by atoms with Crippen LogP contribution < -0.4 is 10.1 Å². The van der Waals surface area contributed by atoms with Crippen LogP contribution in [-0.4, -0.2) is 28.0 Å². The second-order valence-corrected chi connectivity index (χ2v) is 10.3. The lowest BCUT2D eigenvalue weighted by Gasteiger charge is -2.29. The molecule has 0 bridgehead atoms. The first-order valence-corrected chi connectivity index (χ1v) is 12.9. The maximum Gasteiger partial charge on any atom is 0.416 e. The molecule has 1 fully saturated rings. The Morgan fingerprint density at radius 3 is 2.56 bits per heavy atom. The van der Waals surface area contributed by atoms with Crippen molar-refractivity contribution in [2.75, 3.05) is 0 Å². The number of pyridine rings is 1. The van der Waals surface area contributed by atoms with Crippen molar-refractivity contribution in [2.24, 2.45) is 11.8 Å². The molecular formula is C30H31F3N2O4. The molecule has 3 aromatic rings. The zero-order valence-electron chi connectivity index (χ0n) is 21.6. The summed E-state index contributed by atoms with van der Waals surface area (Å²) in [6, 6.07) is 10.2. The molecule has 39 heavy (non-hydrogen) atoms. The fourth-order valence-electron chi connectivity index (χ4n) is 5.22. The highest BCUT2D eigenvalue weighted by molar-refractivity contribution is 6.03. The Morgan fingerprint density at radius 2 is 1.90 bits per heavy atom. The third-order valence-electron chi connectivity index (χ3n) is 7.05. The van der Waals surface area contributed by atoms with Crippen LogP contribution in [0.2, 0.25) is 0 Å². The predicted octanol–water partition coefficient (Wildman–Crippen LogP) is 6.79. The summed E-state index contributed by atoms with van der Waals surface area (Å²) in [5.74, 6) is -0.793. The Hall–Kier alpha value is -3.88. The van der Waals surface area contributed by atoms with E-state index < -0.39 is 29.7 Å². The fourth-order valence-corrected chi connectivity index (χ4v) is 5.22. The van der Waals surface area contributed by atoms with Gasteiger partial charge in [0.05, 0.1) is 11.1 Å². The Kier molecular flexibility index (Phi) is 8.57. The third kappa shape index (κ3) is 7.16. The van der Waals surface area contributed by atoms with E-state index in [0.717, 1.165) is 31.4 Å². The number of allylic oxidation sites excluding steroid dienone is 1. The van der Waals surface area contributed by atoms with Crippen molar-refractivity contribution in [2.45, 2.75) is 57.9 Å². The summed E-state index contributed by atoms with van der Waals surface area (Å²) in [6.07, 6.45) is 0.861. The van der Waals surface area contributed by atoms with Crippen LogP contribution in [0.4, 0.5) is 13.2 Å². The molecule has 1 saturated carbocycles. The molecule has 9 heteroatoms. The van der Waals surface area contributed by atoms with Gasteiger partial charge in [-0.05, 0) is 73.8 Å². The number of carbonyl (C=O) groups excluding carboxylic acids is 1. The average Bonchev–Trinajstić information content (AvgIpc) is 2.88. The average molecular weight is 541 g/mol. The molecule has 0 saturated heterocycles. The number of hydrogen-bond acceptors (Lipinski definition) is 4. The van der Waals surface area contributed by atoms with E-state index in [1.54, 1.807) is 18.2 Å². The van der Waals surface area contributed by atoms with Crippen LogP contribution in [0.15, 0.2) is 66.9 Å². The Labute approximate surface area is 224 Å². The van der Waals surface area contributed by atoms with Gasteiger partial charge in [0.25, 0.3) is 5.91 Å². The van der Waals surface area contributed by atoms with Gasteiger partial charge < -0.3 is 15.2 Å². The number of nitrogens with one attached hydrogen (secondary N) is 1. The highest BCUT2D eigenvalue weighted by Gasteiger charge is 2.30. The quantitative estimate of drug-likeness (QED) is 0.292. The summed E-state index contributed by atoms with van der Waals surface area (Å²) in [5, 5.41) is 13.1. The van der Waals surface area contributed by atoms with Crippen molar-refractivity contribution in [1.82, 2.24) is 10.3 Å². The number of halogens is 3. The standard InChI is InChI=1S/C30H31F3N2O4/c1-18-14-19(2)16-21(15-18)7-12-25(29(37)38)35-28(36)24-11-8-22-4-3-13-34-26(22)27(24)39-17-20-5-9-23(10-6-20)30(31,32)33/h3-6,8-11,13,19,21,25H,1,7,12,14-17H2,2H3,(H,35,36)(H,37,38)/t19?,21?,25-/m0/s1. The van der Waals surface area contributed by atoms with Crippen LogP contribution in [0.25, 0.3) is 10.9 Å². The smallest absolute Gasteiger partial charge is 0.416 e. The van der Waals surface area contributed by atoms with Gasteiger partial charge in [-0.2, -0.15) is 13.2 Å². The number of alkyl halides is 3. The maximum absolute atomic E-state index is 13.3. The number of nitrogens with zero attached hydrogens (tertiary/aromatic N) is 1. The predicted molar refractivity (Wildman–Crippen MR) is 141 cm³/mol. The van der Waals surface area contributed by atoms with E-state index in [9.17, 15) is 27.9 Å². The van der Waals surface area contributed by atoms with Gasteiger partial charge in [0.15, 0.2) is 5.75 Å². The van der Waals surface area contributed by atoms with E-state index in [0.29, 0.717) is 34.7 Å². The van der Waals surface area contributed by atoms with Gasteiger partial charge in [-0.25, -0.2) is 4.79 Å². The highest BCUT2D eigenvalue weighted by atomic mass is 19.4. The number of hydrogen-bond donors (Lipinski definition) is 2. The molecule has 1 aliphatic carbocycles. The van der Waals surface area contributed by atoms with Crippen LogP contribution >= 0.6 is 0 Å². The highest BCUT2D eigenvalue weighted by Crippen LogP contribution is 2.35.